The van der Waals surface area contributed by atoms with Crippen molar-refractivity contribution in [2.45, 2.75) is 24.6 Å². The van der Waals surface area contributed by atoms with E-state index in [-0.39, 0.29) is 17.0 Å². The van der Waals surface area contributed by atoms with Crippen LogP contribution in [0.25, 0.3) is 11.0 Å². The Hall–Kier alpha value is -1.40. The Morgan fingerprint density at radius 3 is 2.85 bits per heavy atom. The van der Waals surface area contributed by atoms with Gasteiger partial charge >= 0.3 is 0 Å². The summed E-state index contributed by atoms with van der Waals surface area (Å²) in [6, 6.07) is 7.63. The molecular formula is C14H19N3O2S. The van der Waals surface area contributed by atoms with E-state index in [1.54, 1.807) is 6.92 Å². The first-order valence-corrected chi connectivity index (χ1v) is 8.57. The highest BCUT2D eigenvalue weighted by molar-refractivity contribution is 7.92. The molecule has 0 spiro atoms. The fraction of sp³-hybridized carbons (Fsp3) is 0.500. The van der Waals surface area contributed by atoms with Gasteiger partial charge in [-0.3, -0.25) is 0 Å². The zero-order valence-corrected chi connectivity index (χ0v) is 12.5. The van der Waals surface area contributed by atoms with E-state index in [2.05, 4.69) is 10.3 Å². The molecule has 6 heteroatoms. The number of fused-ring (bicyclic) bond motifs is 1. The fourth-order valence-electron chi connectivity index (χ4n) is 2.74. The fourth-order valence-corrected chi connectivity index (χ4v) is 4.27. The minimum Gasteiger partial charge on any atom is -0.330 e. The number of aryl methyl sites for hydroxylation is 1. The third kappa shape index (κ3) is 2.23. The number of hydrogen-bond donors (Lipinski definition) is 1. The number of rotatable bonds is 1. The number of para-hydroxylation sites is 2. The van der Waals surface area contributed by atoms with Crippen molar-refractivity contribution in [2.75, 3.05) is 12.3 Å². The smallest absolute Gasteiger partial charge is 0.154 e. The van der Waals surface area contributed by atoms with Crippen LogP contribution in [0.15, 0.2) is 24.3 Å². The Morgan fingerprint density at radius 1 is 1.35 bits per heavy atom. The molecule has 5 nitrogen and oxygen atoms in total. The van der Waals surface area contributed by atoms with Crippen LogP contribution in [0, 0.1) is 0 Å². The molecule has 3 rings (SSSR count). The van der Waals surface area contributed by atoms with E-state index in [0.29, 0.717) is 13.0 Å². The third-order valence-electron chi connectivity index (χ3n) is 4.09. The van der Waals surface area contributed by atoms with Crippen molar-refractivity contribution >= 4 is 20.9 Å². The lowest BCUT2D eigenvalue weighted by atomic mass is 10.3. The molecule has 2 atom stereocenters. The minimum absolute atomic E-state index is 0.116. The second kappa shape index (κ2) is 4.86. The summed E-state index contributed by atoms with van der Waals surface area (Å²) in [7, 11) is -1.13. The summed E-state index contributed by atoms with van der Waals surface area (Å²) < 4.78 is 26.5. The molecule has 2 unspecified atom stereocenters. The Kier molecular flexibility index (Phi) is 3.30. The molecule has 1 saturated heterocycles. The second-order valence-corrected chi connectivity index (χ2v) is 7.92. The summed E-state index contributed by atoms with van der Waals surface area (Å²) in [6.07, 6.45) is 0.656. The second-order valence-electron chi connectivity index (χ2n) is 5.45. The molecule has 2 aromatic rings. The van der Waals surface area contributed by atoms with Gasteiger partial charge in [0.25, 0.3) is 0 Å². The zero-order chi connectivity index (χ0) is 14.3. The molecule has 0 bridgehead atoms. The van der Waals surface area contributed by atoms with Crippen LogP contribution in [0.1, 0.15) is 25.2 Å². The minimum atomic E-state index is -3.07. The molecule has 0 aliphatic carbocycles. The van der Waals surface area contributed by atoms with Crippen LogP contribution >= 0.6 is 0 Å². The lowest BCUT2D eigenvalue weighted by molar-refractivity contribution is 0.537. The number of sulfone groups is 1. The molecule has 1 N–H and O–H groups in total. The van der Waals surface area contributed by atoms with Gasteiger partial charge in [0.05, 0.1) is 28.1 Å². The van der Waals surface area contributed by atoms with Crippen LogP contribution in [0.2, 0.25) is 0 Å². The van der Waals surface area contributed by atoms with Crippen LogP contribution in [0.5, 0.6) is 0 Å². The van der Waals surface area contributed by atoms with Crippen molar-refractivity contribution in [3.8, 4) is 0 Å². The number of imidazole rings is 1. The number of nitrogens with zero attached hydrogens (tertiary/aromatic N) is 2. The van der Waals surface area contributed by atoms with Crippen LogP contribution in [0.4, 0.5) is 0 Å². The lowest BCUT2D eigenvalue weighted by Gasteiger charge is -2.15. The number of aromatic nitrogens is 2. The van der Waals surface area contributed by atoms with Gasteiger partial charge in [-0.15, -0.1) is 0 Å². The standard InChI is InChI=1S/C14H19N3O2S/c1-10-7-8-15-12(9-20(10,18)19)14-16-11-5-3-4-6-13(11)17(14)2/h3-6,10,12,15H,7-9H2,1-2H3. The third-order valence-corrected chi connectivity index (χ3v) is 6.35. The van der Waals surface area contributed by atoms with Crippen LogP contribution in [0.3, 0.4) is 0 Å². The van der Waals surface area contributed by atoms with Gasteiger partial charge in [0.1, 0.15) is 5.82 Å². The van der Waals surface area contributed by atoms with Crippen molar-refractivity contribution in [1.29, 1.82) is 0 Å². The van der Waals surface area contributed by atoms with Gasteiger partial charge in [0, 0.05) is 7.05 Å². The molecule has 1 aromatic heterocycles. The van der Waals surface area contributed by atoms with E-state index in [1.807, 2.05) is 35.9 Å². The van der Waals surface area contributed by atoms with E-state index < -0.39 is 9.84 Å². The Morgan fingerprint density at radius 2 is 2.10 bits per heavy atom. The molecule has 0 amide bonds. The van der Waals surface area contributed by atoms with Crippen molar-refractivity contribution in [2.24, 2.45) is 7.05 Å². The highest BCUT2D eigenvalue weighted by Crippen LogP contribution is 2.24. The number of hydrogen-bond acceptors (Lipinski definition) is 4. The summed E-state index contributed by atoms with van der Waals surface area (Å²) in [5, 5.41) is 3.04. The highest BCUT2D eigenvalue weighted by atomic mass is 32.2. The van der Waals surface area contributed by atoms with Crippen LogP contribution < -0.4 is 5.32 Å². The van der Waals surface area contributed by atoms with Gasteiger partial charge in [0.15, 0.2) is 9.84 Å². The predicted molar refractivity (Wildman–Crippen MR) is 79.3 cm³/mol. The van der Waals surface area contributed by atoms with Gasteiger partial charge in [-0.1, -0.05) is 12.1 Å². The topological polar surface area (TPSA) is 64.0 Å². The molecule has 20 heavy (non-hydrogen) atoms. The normalized spacial score (nSPS) is 26.5. The van der Waals surface area contributed by atoms with Gasteiger partial charge in [-0.2, -0.15) is 0 Å². The highest BCUT2D eigenvalue weighted by Gasteiger charge is 2.31. The van der Waals surface area contributed by atoms with E-state index >= 15 is 0 Å². The number of nitrogens with one attached hydrogen (secondary N) is 1. The summed E-state index contributed by atoms with van der Waals surface area (Å²) in [5.74, 6) is 0.912. The largest absolute Gasteiger partial charge is 0.330 e. The first kappa shape index (κ1) is 13.6. The Balaban J connectivity index is 2.04. The van der Waals surface area contributed by atoms with Crippen LogP contribution in [-0.2, 0) is 16.9 Å². The quantitative estimate of drug-likeness (QED) is 0.863. The molecule has 1 fully saturated rings. The van der Waals surface area contributed by atoms with E-state index in [9.17, 15) is 8.42 Å². The maximum absolute atomic E-state index is 12.2. The van der Waals surface area contributed by atoms with Crippen molar-refractivity contribution in [3.05, 3.63) is 30.1 Å². The van der Waals surface area contributed by atoms with E-state index in [0.717, 1.165) is 16.9 Å². The first-order chi connectivity index (χ1) is 9.49. The average Bonchev–Trinajstić information content (AvgIpc) is 2.68. The average molecular weight is 293 g/mol. The molecule has 2 heterocycles. The Bertz CT molecular complexity index is 736. The van der Waals surface area contributed by atoms with Gasteiger partial charge < -0.3 is 9.88 Å². The van der Waals surface area contributed by atoms with E-state index in [4.69, 9.17) is 0 Å². The maximum Gasteiger partial charge on any atom is 0.154 e. The van der Waals surface area contributed by atoms with E-state index in [1.165, 1.54) is 0 Å². The first-order valence-electron chi connectivity index (χ1n) is 6.85. The Labute approximate surface area is 118 Å². The molecule has 0 radical (unpaired) electrons. The zero-order valence-electron chi connectivity index (χ0n) is 11.7. The predicted octanol–water partition coefficient (Wildman–Crippen LogP) is 1.41. The van der Waals surface area contributed by atoms with Gasteiger partial charge in [-0.25, -0.2) is 13.4 Å². The summed E-state index contributed by atoms with van der Waals surface area (Å²) in [4.78, 5) is 4.60. The summed E-state index contributed by atoms with van der Waals surface area (Å²) >= 11 is 0. The molecule has 1 aliphatic heterocycles. The molecule has 1 aromatic carbocycles. The lowest BCUT2D eigenvalue weighted by Crippen LogP contribution is -2.28. The van der Waals surface area contributed by atoms with Crippen LogP contribution in [-0.4, -0.2) is 35.5 Å². The maximum atomic E-state index is 12.2. The monoisotopic (exact) mass is 293 g/mol. The van der Waals surface area contributed by atoms with Crippen molar-refractivity contribution in [3.63, 3.8) is 0 Å². The summed E-state index contributed by atoms with van der Waals surface area (Å²) in [6.45, 7) is 2.49. The SMILES string of the molecule is CC1CCNC(c2nc3ccccc3n2C)CS1(=O)=O. The summed E-state index contributed by atoms with van der Waals surface area (Å²) in [5.41, 5.74) is 1.93. The number of benzene rings is 1. The molecule has 0 saturated carbocycles. The molecule has 1 aliphatic rings. The molecular weight excluding hydrogens is 274 g/mol. The van der Waals surface area contributed by atoms with Crippen molar-refractivity contribution in [1.82, 2.24) is 14.9 Å². The van der Waals surface area contributed by atoms with Crippen molar-refractivity contribution < 1.29 is 8.42 Å². The van der Waals surface area contributed by atoms with Gasteiger partial charge in [-0.05, 0) is 32.0 Å². The van der Waals surface area contributed by atoms with Gasteiger partial charge in [0.2, 0.25) is 0 Å². The molecule has 108 valence electrons.